The van der Waals surface area contributed by atoms with Crippen LogP contribution in [0, 0.1) is 5.92 Å². The van der Waals surface area contributed by atoms with Gasteiger partial charge in [0, 0.05) is 89.8 Å². The molecule has 2 aliphatic rings. The number of halogens is 3. The van der Waals surface area contributed by atoms with Crippen molar-refractivity contribution >= 4 is 125 Å². The van der Waals surface area contributed by atoms with Gasteiger partial charge in [0.1, 0.15) is 22.7 Å². The minimum absolute atomic E-state index is 0.00195. The summed E-state index contributed by atoms with van der Waals surface area (Å²) in [5.41, 5.74) is -1.16. The quantitative estimate of drug-likeness (QED) is 0.0180. The lowest BCUT2D eigenvalue weighted by atomic mass is 9.80. The first-order valence-electron chi connectivity index (χ1n) is 25.3. The van der Waals surface area contributed by atoms with Crippen LogP contribution in [-0.4, -0.2) is 102 Å². The summed E-state index contributed by atoms with van der Waals surface area (Å²) in [4.78, 5) is 114. The number of carbonyl (C=O) groups excluding carboxylic acids is 8. The number of fused-ring (bicyclic) bond motifs is 2. The Hall–Kier alpha value is -6.81. The van der Waals surface area contributed by atoms with E-state index in [-0.39, 0.29) is 147 Å². The fourth-order valence-corrected chi connectivity index (χ4v) is 11.6. The van der Waals surface area contributed by atoms with Crippen molar-refractivity contribution in [2.75, 3.05) is 27.3 Å². The van der Waals surface area contributed by atoms with Crippen LogP contribution in [0.15, 0.2) is 54.6 Å². The fourth-order valence-electron chi connectivity index (χ4n) is 10.7. The summed E-state index contributed by atoms with van der Waals surface area (Å²) >= 11 is 22.4. The zero-order valence-electron chi connectivity index (χ0n) is 44.6. The lowest BCUT2D eigenvalue weighted by Gasteiger charge is -2.39. The molecule has 8 rings (SSSR count). The number of allylic oxidation sites excluding steroid dienone is 1. The number of nitrogens with zero attached hydrogens (tertiary/aromatic N) is 2. The normalized spacial score (nSPS) is 14.6. The average Bonchev–Trinajstić information content (AvgIpc) is 3.51. The largest absolute Gasteiger partial charge is 0.465 e. The van der Waals surface area contributed by atoms with Crippen LogP contribution >= 0.6 is 34.8 Å². The number of hydrogen-bond donors (Lipinski definition) is 0. The molecule has 0 spiro atoms. The molecule has 77 heavy (non-hydrogen) atoms. The maximum Gasteiger partial charge on any atom is 0.410 e. The van der Waals surface area contributed by atoms with Crippen LogP contribution in [0.4, 0.5) is 4.79 Å². The van der Waals surface area contributed by atoms with Crippen molar-refractivity contribution in [1.29, 1.82) is 0 Å². The number of likely N-dealkylation sites (tertiary alicyclic amines) is 1. The van der Waals surface area contributed by atoms with Crippen molar-refractivity contribution in [1.82, 2.24) is 9.80 Å². The molecule has 1 saturated heterocycles. The number of carbonyl (C=O) groups is 8. The van der Waals surface area contributed by atoms with Crippen LogP contribution in [0.3, 0.4) is 0 Å². The third-order valence-electron chi connectivity index (χ3n) is 13.9. The summed E-state index contributed by atoms with van der Waals surface area (Å²) in [5.74, 6) is -4.82. The summed E-state index contributed by atoms with van der Waals surface area (Å²) in [6, 6.07) is 9.10. The number of Topliss-reactive ketones (excluding diaryl/α,β-unsaturated/α-hetero) is 2. The molecule has 2 heterocycles. The maximum atomic E-state index is 15.3. The molecule has 3 amide bonds. The van der Waals surface area contributed by atoms with Gasteiger partial charge in [0.25, 0.3) is 11.8 Å². The van der Waals surface area contributed by atoms with Gasteiger partial charge in [-0.3, -0.25) is 28.9 Å². The summed E-state index contributed by atoms with van der Waals surface area (Å²) in [7, 11) is 2.33. The molecular formula is C59H59Cl3N2O13. The Labute approximate surface area is 460 Å². The molecule has 1 unspecified atom stereocenters. The predicted molar refractivity (Wildman–Crippen MR) is 295 cm³/mol. The predicted octanol–water partition coefficient (Wildman–Crippen LogP) is 13.9. The Morgan fingerprint density at radius 3 is 1.69 bits per heavy atom. The van der Waals surface area contributed by atoms with Gasteiger partial charge >= 0.3 is 24.0 Å². The van der Waals surface area contributed by atoms with E-state index in [1.165, 1.54) is 68.5 Å². The number of rotatable bonds is 15. The highest BCUT2D eigenvalue weighted by Crippen LogP contribution is 2.55. The number of piperidine rings is 1. The van der Waals surface area contributed by atoms with E-state index in [2.05, 4.69) is 6.58 Å². The molecule has 6 aromatic carbocycles. The summed E-state index contributed by atoms with van der Waals surface area (Å²) in [5, 5.41) is 1.67. The molecule has 0 N–H and O–H groups in total. The molecule has 404 valence electrons. The number of hydrogen-bond acceptors (Lipinski definition) is 13. The first-order valence-corrected chi connectivity index (χ1v) is 26.5. The van der Waals surface area contributed by atoms with Gasteiger partial charge in [0.2, 0.25) is 0 Å². The van der Waals surface area contributed by atoms with Crippen molar-refractivity contribution in [3.8, 4) is 11.5 Å². The first-order chi connectivity index (χ1) is 36.2. The molecule has 15 nitrogen and oxygen atoms in total. The third-order valence-corrected chi connectivity index (χ3v) is 14.8. The minimum atomic E-state index is -0.809. The van der Waals surface area contributed by atoms with Gasteiger partial charge in [-0.2, -0.15) is 0 Å². The van der Waals surface area contributed by atoms with Crippen LogP contribution in [-0.2, 0) is 23.7 Å². The summed E-state index contributed by atoms with van der Waals surface area (Å²) in [6.45, 7) is 18.7. The van der Waals surface area contributed by atoms with Crippen molar-refractivity contribution in [2.45, 2.75) is 118 Å². The highest BCUT2D eigenvalue weighted by molar-refractivity contribution is 6.54. The number of imide groups is 1. The van der Waals surface area contributed by atoms with Crippen molar-refractivity contribution in [3.63, 3.8) is 0 Å². The Morgan fingerprint density at radius 2 is 1.18 bits per heavy atom. The van der Waals surface area contributed by atoms with Crippen molar-refractivity contribution in [3.05, 3.63) is 103 Å². The maximum absolute atomic E-state index is 15.3. The second-order valence-electron chi connectivity index (χ2n) is 21.5. The smallest absolute Gasteiger partial charge is 0.410 e. The Morgan fingerprint density at radius 1 is 0.662 bits per heavy atom. The lowest BCUT2D eigenvalue weighted by Crippen LogP contribution is -2.52. The molecule has 1 fully saturated rings. The topological polar surface area (TPSA) is 189 Å². The molecule has 0 aliphatic carbocycles. The van der Waals surface area contributed by atoms with Gasteiger partial charge in [0.05, 0.1) is 41.5 Å². The van der Waals surface area contributed by atoms with E-state index < -0.39 is 64.6 Å². The standard InChI is InChI=1S/C59H59Cl3N2O13/c1-12-14-30(15-13-16-43(66)76-58(4,5)6)28(2)52(67)36-24-39(60)47-46-40(61)25-37-45-38(54(69)64(53(37)68)33-17-19-63(20-18-33)57(72)77-59(7,8)9)26-41(62)48(50(45)46)49-42(27-35(29(3)65)44(36)51(47)49)75-34-22-31(55(70)73-10)21-32(23-34)56(71)74-11/h21-27,30,33H,2,12-20H2,1,3-11H3. The highest BCUT2D eigenvalue weighted by Gasteiger charge is 2.42. The van der Waals surface area contributed by atoms with Crippen LogP contribution in [0.1, 0.15) is 162 Å². The van der Waals surface area contributed by atoms with E-state index in [9.17, 15) is 33.6 Å². The fraction of sp³-hybridized carbons (Fsp3) is 0.390. The van der Waals surface area contributed by atoms with E-state index in [4.69, 9.17) is 58.5 Å². The second-order valence-corrected chi connectivity index (χ2v) is 22.7. The van der Waals surface area contributed by atoms with Crippen molar-refractivity contribution < 1.29 is 62.0 Å². The molecular weight excluding hydrogens is 1050 g/mol. The number of ether oxygens (including phenoxy) is 5. The van der Waals surface area contributed by atoms with Gasteiger partial charge in [-0.1, -0.05) is 54.7 Å². The second kappa shape index (κ2) is 21.5. The summed E-state index contributed by atoms with van der Waals surface area (Å²) in [6.07, 6.45) is 2.21. The van der Waals surface area contributed by atoms with E-state index in [0.717, 1.165) is 0 Å². The molecule has 1 atom stereocenters. The number of esters is 3. The average molecular weight is 1110 g/mol. The van der Waals surface area contributed by atoms with Crippen molar-refractivity contribution in [2.24, 2.45) is 5.92 Å². The van der Waals surface area contributed by atoms with Gasteiger partial charge < -0.3 is 28.6 Å². The van der Waals surface area contributed by atoms with Crippen LogP contribution in [0.5, 0.6) is 11.5 Å². The first kappa shape index (κ1) is 56.4. The Balaban J connectivity index is 1.38. The number of methoxy groups -OCH3 is 2. The van der Waals surface area contributed by atoms with E-state index in [1.807, 2.05) is 6.92 Å². The lowest BCUT2D eigenvalue weighted by molar-refractivity contribution is -0.155. The number of ketones is 2. The zero-order chi connectivity index (χ0) is 56.3. The molecule has 0 radical (unpaired) electrons. The van der Waals surface area contributed by atoms with Gasteiger partial charge in [-0.05, 0) is 135 Å². The summed E-state index contributed by atoms with van der Waals surface area (Å²) < 4.78 is 27.8. The molecule has 6 aromatic rings. The van der Waals surface area contributed by atoms with Crippen LogP contribution in [0.25, 0.3) is 43.1 Å². The Kier molecular flexibility index (Phi) is 15.8. The number of amides is 3. The van der Waals surface area contributed by atoms with Gasteiger partial charge in [0.15, 0.2) is 11.6 Å². The van der Waals surface area contributed by atoms with Crippen LogP contribution < -0.4 is 4.74 Å². The molecule has 0 bridgehead atoms. The SMILES string of the molecule is C=C(C(=O)c1cc(Cl)c2c3c(Cl)cc4c5c(cc(Cl)c(c6c(Oc7cc(C(=O)OC)cc(C(=O)OC)c7)cc(C(C)=O)c1c26)c53)C(=O)N(C1CCN(C(=O)OC(C)(C)C)CC1)C4=O)C(CCC)CCCC(=O)OC(C)(C)C. The zero-order valence-corrected chi connectivity index (χ0v) is 46.9. The monoisotopic (exact) mass is 1110 g/mol. The van der Waals surface area contributed by atoms with Gasteiger partial charge in [-0.25, -0.2) is 14.4 Å². The molecule has 2 aliphatic heterocycles. The van der Waals surface area contributed by atoms with Crippen LogP contribution in [0.2, 0.25) is 15.1 Å². The molecule has 18 heteroatoms. The van der Waals surface area contributed by atoms with E-state index >= 15 is 4.79 Å². The van der Waals surface area contributed by atoms with E-state index in [0.29, 0.717) is 25.7 Å². The molecule has 0 aromatic heterocycles. The third kappa shape index (κ3) is 10.8. The molecule has 0 saturated carbocycles. The van der Waals surface area contributed by atoms with E-state index in [1.54, 1.807) is 46.4 Å². The highest BCUT2D eigenvalue weighted by atomic mass is 35.5. The Bertz CT molecular complexity index is 3470. The number of benzene rings is 6. The van der Waals surface area contributed by atoms with Gasteiger partial charge in [-0.15, -0.1) is 0 Å². The minimum Gasteiger partial charge on any atom is -0.465 e.